The third-order valence-electron chi connectivity index (χ3n) is 9.69. The Labute approximate surface area is 274 Å². The average molecular weight is 605 g/mol. The van der Waals surface area contributed by atoms with Crippen molar-refractivity contribution in [3.63, 3.8) is 0 Å². The van der Waals surface area contributed by atoms with Crippen molar-refractivity contribution in [2.45, 2.75) is 19.3 Å². The van der Waals surface area contributed by atoms with Gasteiger partial charge in [0.15, 0.2) is 5.58 Å². The standard InChI is InChI=1S/C44H32N2O/c1-44(2)38-21-10-9-19-34(38)35-24-23-33(28-39(35)44)46(32-18-11-17-31(27-32)29-13-5-3-6-14-29)40-22-12-20-37-36(40)25-26-41-42(37)45-43(47-41)30-15-7-4-8-16-30/h3-28H,1-2H3. The highest BCUT2D eigenvalue weighted by Gasteiger charge is 2.35. The van der Waals surface area contributed by atoms with Crippen LogP contribution < -0.4 is 4.90 Å². The molecule has 0 saturated carbocycles. The zero-order valence-electron chi connectivity index (χ0n) is 26.3. The van der Waals surface area contributed by atoms with E-state index in [1.165, 1.54) is 33.4 Å². The predicted molar refractivity (Wildman–Crippen MR) is 195 cm³/mol. The van der Waals surface area contributed by atoms with E-state index in [-0.39, 0.29) is 5.41 Å². The van der Waals surface area contributed by atoms with Crippen molar-refractivity contribution in [3.8, 4) is 33.7 Å². The van der Waals surface area contributed by atoms with Crippen LogP contribution in [-0.4, -0.2) is 4.98 Å². The van der Waals surface area contributed by atoms with E-state index in [0.717, 1.165) is 44.5 Å². The molecule has 3 heteroatoms. The van der Waals surface area contributed by atoms with E-state index < -0.39 is 0 Å². The molecule has 0 saturated heterocycles. The highest BCUT2D eigenvalue weighted by Crippen LogP contribution is 2.51. The van der Waals surface area contributed by atoms with Crippen LogP contribution in [0.4, 0.5) is 17.1 Å². The third kappa shape index (κ3) is 4.39. The van der Waals surface area contributed by atoms with Crippen molar-refractivity contribution >= 4 is 38.9 Å². The molecule has 8 aromatic rings. The van der Waals surface area contributed by atoms with Gasteiger partial charge in [0.1, 0.15) is 5.52 Å². The van der Waals surface area contributed by atoms with Crippen LogP contribution in [0, 0.1) is 0 Å². The minimum atomic E-state index is -0.112. The summed E-state index contributed by atoms with van der Waals surface area (Å²) >= 11 is 0. The Morgan fingerprint density at radius 3 is 2.02 bits per heavy atom. The summed E-state index contributed by atoms with van der Waals surface area (Å²) in [6.07, 6.45) is 0. The molecule has 224 valence electrons. The average Bonchev–Trinajstić information content (AvgIpc) is 3.67. The molecule has 0 bridgehead atoms. The van der Waals surface area contributed by atoms with Crippen molar-refractivity contribution in [3.05, 3.63) is 169 Å². The summed E-state index contributed by atoms with van der Waals surface area (Å²) in [5, 5.41) is 2.17. The molecule has 0 aliphatic heterocycles. The number of oxazole rings is 1. The van der Waals surface area contributed by atoms with E-state index in [1.807, 2.05) is 30.3 Å². The molecule has 0 unspecified atom stereocenters. The number of fused-ring (bicyclic) bond motifs is 6. The molecular weight excluding hydrogens is 572 g/mol. The third-order valence-corrected chi connectivity index (χ3v) is 9.69. The topological polar surface area (TPSA) is 29.3 Å². The van der Waals surface area contributed by atoms with Gasteiger partial charge in [-0.25, -0.2) is 4.98 Å². The second kappa shape index (κ2) is 10.6. The fourth-order valence-corrected chi connectivity index (χ4v) is 7.34. The van der Waals surface area contributed by atoms with Gasteiger partial charge in [-0.15, -0.1) is 0 Å². The summed E-state index contributed by atoms with van der Waals surface area (Å²) in [4.78, 5) is 7.42. The van der Waals surface area contributed by atoms with Crippen LogP contribution >= 0.6 is 0 Å². The summed E-state index contributed by atoms with van der Waals surface area (Å²) in [5.74, 6) is 0.631. The van der Waals surface area contributed by atoms with E-state index in [1.54, 1.807) is 0 Å². The largest absolute Gasteiger partial charge is 0.436 e. The monoisotopic (exact) mass is 604 g/mol. The molecule has 1 aliphatic rings. The Morgan fingerprint density at radius 2 is 1.19 bits per heavy atom. The Balaban J connectivity index is 1.27. The smallest absolute Gasteiger partial charge is 0.227 e. The van der Waals surface area contributed by atoms with E-state index in [9.17, 15) is 0 Å². The molecule has 0 fully saturated rings. The van der Waals surface area contributed by atoms with Crippen LogP contribution in [0.15, 0.2) is 162 Å². The number of aromatic nitrogens is 1. The van der Waals surface area contributed by atoms with Crippen molar-refractivity contribution in [2.24, 2.45) is 0 Å². The molecule has 0 radical (unpaired) electrons. The van der Waals surface area contributed by atoms with Gasteiger partial charge in [-0.2, -0.15) is 0 Å². The first-order chi connectivity index (χ1) is 23.1. The van der Waals surface area contributed by atoms with Crippen LogP contribution in [-0.2, 0) is 5.41 Å². The van der Waals surface area contributed by atoms with Crippen LogP contribution in [0.2, 0.25) is 0 Å². The van der Waals surface area contributed by atoms with Gasteiger partial charge in [-0.3, -0.25) is 0 Å². The number of hydrogen-bond donors (Lipinski definition) is 0. The maximum atomic E-state index is 6.28. The first kappa shape index (κ1) is 27.4. The van der Waals surface area contributed by atoms with E-state index in [2.05, 4.69) is 146 Å². The Morgan fingerprint density at radius 1 is 0.511 bits per heavy atom. The van der Waals surface area contributed by atoms with Crippen LogP contribution in [0.3, 0.4) is 0 Å². The van der Waals surface area contributed by atoms with E-state index in [0.29, 0.717) is 5.89 Å². The molecule has 3 nitrogen and oxygen atoms in total. The molecule has 1 aliphatic carbocycles. The number of hydrogen-bond acceptors (Lipinski definition) is 3. The Hall–Kier alpha value is -5.93. The second-order valence-electron chi connectivity index (χ2n) is 12.8. The highest BCUT2D eigenvalue weighted by molar-refractivity contribution is 6.10. The first-order valence-corrected chi connectivity index (χ1v) is 16.1. The molecule has 1 aromatic heterocycles. The molecule has 1 heterocycles. The maximum absolute atomic E-state index is 6.28. The zero-order valence-corrected chi connectivity index (χ0v) is 26.3. The van der Waals surface area contributed by atoms with Gasteiger partial charge >= 0.3 is 0 Å². The minimum Gasteiger partial charge on any atom is -0.436 e. The molecule has 47 heavy (non-hydrogen) atoms. The Bertz CT molecular complexity index is 2440. The lowest BCUT2D eigenvalue weighted by Crippen LogP contribution is -2.16. The quantitative estimate of drug-likeness (QED) is 0.196. The minimum absolute atomic E-state index is 0.112. The molecule has 0 atom stereocenters. The van der Waals surface area contributed by atoms with Crippen LogP contribution in [0.1, 0.15) is 25.0 Å². The summed E-state index contributed by atoms with van der Waals surface area (Å²) in [5.41, 5.74) is 13.5. The number of nitrogens with zero attached hydrogens (tertiary/aromatic N) is 2. The van der Waals surface area contributed by atoms with Crippen molar-refractivity contribution in [1.29, 1.82) is 0 Å². The van der Waals surface area contributed by atoms with Gasteiger partial charge in [-0.05, 0) is 88.0 Å². The molecule has 0 amide bonds. The first-order valence-electron chi connectivity index (χ1n) is 16.1. The van der Waals surface area contributed by atoms with Gasteiger partial charge < -0.3 is 9.32 Å². The van der Waals surface area contributed by atoms with Gasteiger partial charge in [0.25, 0.3) is 0 Å². The molecule has 7 aromatic carbocycles. The van der Waals surface area contributed by atoms with Crippen molar-refractivity contribution < 1.29 is 4.42 Å². The maximum Gasteiger partial charge on any atom is 0.227 e. The van der Waals surface area contributed by atoms with Gasteiger partial charge in [-0.1, -0.05) is 117 Å². The van der Waals surface area contributed by atoms with Crippen molar-refractivity contribution in [2.75, 3.05) is 4.90 Å². The van der Waals surface area contributed by atoms with Crippen molar-refractivity contribution in [1.82, 2.24) is 4.98 Å². The summed E-state index contributed by atoms with van der Waals surface area (Å²) in [7, 11) is 0. The SMILES string of the molecule is CC1(C)c2ccccc2-c2ccc(N(c3cccc(-c4ccccc4)c3)c3cccc4c3ccc3oc(-c5ccccc5)nc34)cc21. The summed E-state index contributed by atoms with van der Waals surface area (Å²) in [6, 6.07) is 56.1. The normalized spacial score (nSPS) is 13.1. The molecule has 0 spiro atoms. The van der Waals surface area contributed by atoms with Gasteiger partial charge in [0, 0.05) is 33.1 Å². The summed E-state index contributed by atoms with van der Waals surface area (Å²) in [6.45, 7) is 4.68. The molecular formula is C44H32N2O. The van der Waals surface area contributed by atoms with E-state index >= 15 is 0 Å². The number of benzene rings is 7. The van der Waals surface area contributed by atoms with Crippen LogP contribution in [0.25, 0.3) is 55.6 Å². The van der Waals surface area contributed by atoms with Crippen LogP contribution in [0.5, 0.6) is 0 Å². The fraction of sp³-hybridized carbons (Fsp3) is 0.0682. The number of rotatable bonds is 5. The van der Waals surface area contributed by atoms with Gasteiger partial charge in [0.05, 0.1) is 5.69 Å². The second-order valence-corrected chi connectivity index (χ2v) is 12.8. The zero-order chi connectivity index (χ0) is 31.5. The summed E-state index contributed by atoms with van der Waals surface area (Å²) < 4.78 is 6.28. The molecule has 9 rings (SSSR count). The number of anilines is 3. The van der Waals surface area contributed by atoms with E-state index in [4.69, 9.17) is 9.40 Å². The lowest BCUT2D eigenvalue weighted by molar-refractivity contribution is 0.620. The lowest BCUT2D eigenvalue weighted by atomic mass is 9.82. The lowest BCUT2D eigenvalue weighted by Gasteiger charge is -2.29. The fourth-order valence-electron chi connectivity index (χ4n) is 7.34. The Kier molecular flexibility index (Phi) is 6.16. The molecule has 0 N–H and O–H groups in total. The predicted octanol–water partition coefficient (Wildman–Crippen LogP) is 12.1. The highest BCUT2D eigenvalue weighted by atomic mass is 16.3. The van der Waals surface area contributed by atoms with Gasteiger partial charge in [0.2, 0.25) is 5.89 Å².